The minimum Gasteiger partial charge on any atom is -0.268 e. The van der Waals surface area contributed by atoms with Gasteiger partial charge in [-0.3, -0.25) is 5.09 Å². The molecule has 0 radical (unpaired) electrons. The van der Waals surface area contributed by atoms with Crippen LogP contribution >= 0.6 is 6.49 Å². The molecule has 82 valence electrons. The van der Waals surface area contributed by atoms with Crippen LogP contribution in [-0.2, 0) is 11.8 Å². The summed E-state index contributed by atoms with van der Waals surface area (Å²) in [6.45, 7) is 9.72. The Morgan fingerprint density at radius 3 is 1.50 bits per heavy atom. The third-order valence-corrected chi connectivity index (χ3v) is 8.20. The highest BCUT2D eigenvalue weighted by Gasteiger charge is 2.60. The first kappa shape index (κ1) is 11.0. The van der Waals surface area contributed by atoms with E-state index in [4.69, 9.17) is 11.8 Å². The molecular weight excluding hydrogens is 213 g/mol. The van der Waals surface area contributed by atoms with E-state index >= 15 is 0 Å². The molecule has 0 aliphatic carbocycles. The van der Waals surface area contributed by atoms with Crippen LogP contribution in [0.5, 0.6) is 0 Å². The molecule has 0 spiro atoms. The van der Waals surface area contributed by atoms with Gasteiger partial charge < -0.3 is 0 Å². The van der Waals surface area contributed by atoms with Gasteiger partial charge in [-0.15, -0.1) is 0 Å². The molecule has 14 heavy (non-hydrogen) atoms. The first-order valence-electron chi connectivity index (χ1n) is 5.09. The van der Waals surface area contributed by atoms with Crippen LogP contribution in [0, 0.1) is 0 Å². The van der Waals surface area contributed by atoms with Gasteiger partial charge in [-0.2, -0.15) is 0 Å². The van der Waals surface area contributed by atoms with E-state index in [9.17, 15) is 0 Å². The Kier molecular flexibility index (Phi) is 2.21. The zero-order valence-corrected chi connectivity index (χ0v) is 11.4. The van der Waals surface area contributed by atoms with Crippen molar-refractivity contribution in [3.8, 4) is 0 Å². The van der Waals surface area contributed by atoms with Gasteiger partial charge in [0.2, 0.25) is 0 Å². The molecule has 2 atom stereocenters. The number of rotatable bonds is 3. The minimum atomic E-state index is -1.61. The lowest BCUT2D eigenvalue weighted by molar-refractivity contribution is 0.572. The molecule has 0 aromatic rings. The average Bonchev–Trinajstić information content (AvgIpc) is 2.88. The zero-order valence-electron chi connectivity index (χ0n) is 9.66. The molecule has 2 rings (SSSR count). The maximum absolute atomic E-state index is 5.83. The molecule has 0 aromatic heterocycles. The van der Waals surface area contributed by atoms with Crippen molar-refractivity contribution in [3.05, 3.63) is 0 Å². The van der Waals surface area contributed by atoms with E-state index in [-0.39, 0.29) is 0 Å². The molecule has 0 aromatic carbocycles. The Balaban J connectivity index is 2.17. The molecule has 2 aliphatic heterocycles. The third kappa shape index (κ3) is 1.48. The zero-order chi connectivity index (χ0) is 10.8. The lowest BCUT2D eigenvalue weighted by Gasteiger charge is -2.28. The van der Waals surface area contributed by atoms with E-state index in [1.54, 1.807) is 0 Å². The van der Waals surface area contributed by atoms with Gasteiger partial charge in [0.25, 0.3) is 0 Å². The van der Waals surface area contributed by atoms with Crippen LogP contribution in [0.4, 0.5) is 0 Å². The SMILES string of the molecule is CNP(=S)(N1CC1(C)C)N1CC1(C)C. The molecular formula is C9H20N3PS. The van der Waals surface area contributed by atoms with Crippen LogP contribution in [0.15, 0.2) is 0 Å². The Labute approximate surface area is 92.0 Å². The second-order valence-electron chi connectivity index (χ2n) is 5.51. The summed E-state index contributed by atoms with van der Waals surface area (Å²) < 4.78 is 4.90. The minimum absolute atomic E-state index is 0.317. The predicted octanol–water partition coefficient (Wildman–Crippen LogP) is 1.62. The fraction of sp³-hybridized carbons (Fsp3) is 1.00. The second kappa shape index (κ2) is 2.80. The summed E-state index contributed by atoms with van der Waals surface area (Å²) in [5.74, 6) is 0. The first-order valence-corrected chi connectivity index (χ1v) is 7.80. The fourth-order valence-corrected chi connectivity index (χ4v) is 6.92. The van der Waals surface area contributed by atoms with Crippen molar-refractivity contribution >= 4 is 18.3 Å². The average molecular weight is 233 g/mol. The van der Waals surface area contributed by atoms with E-state index in [0.29, 0.717) is 11.1 Å². The van der Waals surface area contributed by atoms with Crippen LogP contribution < -0.4 is 5.09 Å². The highest BCUT2D eigenvalue weighted by atomic mass is 32.4. The maximum Gasteiger partial charge on any atom is 0.143 e. The van der Waals surface area contributed by atoms with Gasteiger partial charge in [0.15, 0.2) is 0 Å². The van der Waals surface area contributed by atoms with Crippen molar-refractivity contribution in [2.75, 3.05) is 20.1 Å². The maximum atomic E-state index is 5.83. The second-order valence-corrected chi connectivity index (χ2v) is 9.54. The van der Waals surface area contributed by atoms with E-state index in [1.807, 2.05) is 7.05 Å². The summed E-state index contributed by atoms with van der Waals surface area (Å²) in [4.78, 5) is 0. The van der Waals surface area contributed by atoms with Crippen LogP contribution in [0.3, 0.4) is 0 Å². The summed E-state index contributed by atoms with van der Waals surface area (Å²) in [5.41, 5.74) is 0.633. The summed E-state index contributed by atoms with van der Waals surface area (Å²) in [7, 11) is 2.00. The van der Waals surface area contributed by atoms with Crippen LogP contribution in [-0.4, -0.2) is 40.6 Å². The quantitative estimate of drug-likeness (QED) is 0.589. The number of nitrogens with one attached hydrogen (secondary N) is 1. The fourth-order valence-electron chi connectivity index (χ4n) is 1.96. The van der Waals surface area contributed by atoms with Crippen LogP contribution in [0.1, 0.15) is 27.7 Å². The standard InChI is InChI=1S/C9H20N3PS/c1-8(2)6-11(8)13(14,10-5)12-7-9(12,3)4/h6-7H2,1-5H3,(H,10,14). The van der Waals surface area contributed by atoms with Crippen LogP contribution in [0.25, 0.3) is 0 Å². The molecule has 2 unspecified atom stereocenters. The molecule has 3 nitrogen and oxygen atoms in total. The summed E-state index contributed by atoms with van der Waals surface area (Å²) >= 11 is 5.83. The summed E-state index contributed by atoms with van der Waals surface area (Å²) in [6.07, 6.45) is 0. The Morgan fingerprint density at radius 2 is 1.36 bits per heavy atom. The van der Waals surface area contributed by atoms with Crippen LogP contribution in [0.2, 0.25) is 0 Å². The molecule has 1 N–H and O–H groups in total. The van der Waals surface area contributed by atoms with Crippen molar-refractivity contribution in [2.45, 2.75) is 38.8 Å². The Bertz CT molecular complexity index is 287. The van der Waals surface area contributed by atoms with Crippen molar-refractivity contribution in [3.63, 3.8) is 0 Å². The number of nitrogens with zero attached hydrogens (tertiary/aromatic N) is 2. The normalized spacial score (nSPS) is 41.5. The van der Waals surface area contributed by atoms with Gasteiger partial charge in [-0.1, -0.05) is 0 Å². The van der Waals surface area contributed by atoms with Gasteiger partial charge in [-0.25, -0.2) is 9.34 Å². The predicted molar refractivity (Wildman–Crippen MR) is 64.9 cm³/mol. The number of hydrogen-bond donors (Lipinski definition) is 1. The first-order chi connectivity index (χ1) is 6.24. The third-order valence-electron chi connectivity index (χ3n) is 3.21. The number of hydrogen-bond acceptors (Lipinski definition) is 1. The monoisotopic (exact) mass is 233 g/mol. The Hall–Kier alpha value is 0.530. The Morgan fingerprint density at radius 1 is 1.07 bits per heavy atom. The largest absolute Gasteiger partial charge is 0.268 e. The van der Waals surface area contributed by atoms with Gasteiger partial charge in [-0.05, 0) is 46.5 Å². The molecule has 2 saturated heterocycles. The summed E-state index contributed by atoms with van der Waals surface area (Å²) in [5, 5.41) is 3.39. The molecule has 2 fully saturated rings. The highest BCUT2D eigenvalue weighted by Crippen LogP contribution is 2.66. The lowest BCUT2D eigenvalue weighted by Crippen LogP contribution is -2.23. The molecule has 5 heteroatoms. The van der Waals surface area contributed by atoms with Crippen molar-refractivity contribution in [2.24, 2.45) is 0 Å². The molecule has 0 saturated carbocycles. The van der Waals surface area contributed by atoms with Gasteiger partial charge in [0.1, 0.15) is 6.49 Å². The van der Waals surface area contributed by atoms with E-state index in [2.05, 4.69) is 42.1 Å². The topological polar surface area (TPSA) is 18.0 Å². The molecule has 2 aliphatic rings. The smallest absolute Gasteiger partial charge is 0.143 e. The van der Waals surface area contributed by atoms with Crippen molar-refractivity contribution in [1.29, 1.82) is 0 Å². The van der Waals surface area contributed by atoms with Crippen molar-refractivity contribution < 1.29 is 0 Å². The van der Waals surface area contributed by atoms with E-state index < -0.39 is 6.49 Å². The van der Waals surface area contributed by atoms with Gasteiger partial charge in [0, 0.05) is 24.2 Å². The molecule has 0 amide bonds. The van der Waals surface area contributed by atoms with Gasteiger partial charge in [0.05, 0.1) is 0 Å². The van der Waals surface area contributed by atoms with Crippen molar-refractivity contribution in [1.82, 2.24) is 14.4 Å². The molecule has 2 heterocycles. The van der Waals surface area contributed by atoms with E-state index in [1.165, 1.54) is 0 Å². The lowest BCUT2D eigenvalue weighted by atomic mass is 10.2. The highest BCUT2D eigenvalue weighted by molar-refractivity contribution is 8.11. The van der Waals surface area contributed by atoms with E-state index in [0.717, 1.165) is 13.1 Å². The summed E-state index contributed by atoms with van der Waals surface area (Å²) in [6, 6.07) is 0. The molecule has 0 bridgehead atoms. The van der Waals surface area contributed by atoms with Gasteiger partial charge >= 0.3 is 0 Å².